The summed E-state index contributed by atoms with van der Waals surface area (Å²) in [6.07, 6.45) is 3.23. The van der Waals surface area contributed by atoms with Crippen molar-refractivity contribution in [3.05, 3.63) is 40.9 Å². The smallest absolute Gasteiger partial charge is 0.481 e. The second-order valence-electron chi connectivity index (χ2n) is 8.73. The number of carbonyl (C=O) groups is 2. The van der Waals surface area contributed by atoms with E-state index in [4.69, 9.17) is 9.31 Å². The van der Waals surface area contributed by atoms with Gasteiger partial charge in [0.05, 0.1) is 16.6 Å². The Hall–Kier alpha value is -2.12. The summed E-state index contributed by atoms with van der Waals surface area (Å²) in [4.78, 5) is 23.1. The Morgan fingerprint density at radius 2 is 1.79 bits per heavy atom. The van der Waals surface area contributed by atoms with Crippen molar-refractivity contribution in [1.82, 2.24) is 5.32 Å². The van der Waals surface area contributed by atoms with Gasteiger partial charge in [-0.25, -0.2) is 0 Å². The molecule has 150 valence electrons. The predicted molar refractivity (Wildman–Crippen MR) is 108 cm³/mol. The molecule has 0 spiro atoms. The first-order valence-corrected chi connectivity index (χ1v) is 9.61. The van der Waals surface area contributed by atoms with Crippen LogP contribution in [0.15, 0.2) is 29.7 Å². The molecule has 1 aromatic rings. The number of carbonyl (C=O) groups excluding carboxylic acids is 1. The van der Waals surface area contributed by atoms with E-state index in [1.807, 2.05) is 58.0 Å². The second kappa shape index (κ2) is 7.05. The number of hydrogen-bond donors (Lipinski definition) is 2. The van der Waals surface area contributed by atoms with Crippen molar-refractivity contribution in [1.29, 1.82) is 0 Å². The lowest BCUT2D eigenvalue weighted by molar-refractivity contribution is -0.140. The molecule has 2 aliphatic rings. The highest BCUT2D eigenvalue weighted by molar-refractivity contribution is 6.56. The number of carboxylic acids is 1. The molecule has 1 aliphatic carbocycles. The predicted octanol–water partition coefficient (Wildman–Crippen LogP) is 2.95. The molecule has 0 aromatic heterocycles. The van der Waals surface area contributed by atoms with Gasteiger partial charge >= 0.3 is 13.1 Å². The largest absolute Gasteiger partial charge is 0.492 e. The van der Waals surface area contributed by atoms with E-state index in [0.29, 0.717) is 19.4 Å². The summed E-state index contributed by atoms with van der Waals surface area (Å²) in [6.45, 7) is 9.67. The molecule has 1 saturated heterocycles. The molecule has 1 saturated carbocycles. The molecule has 1 heterocycles. The zero-order chi connectivity index (χ0) is 20.7. The van der Waals surface area contributed by atoms with Crippen molar-refractivity contribution < 1.29 is 24.0 Å². The Labute approximate surface area is 166 Å². The van der Waals surface area contributed by atoms with Crippen LogP contribution in [0.2, 0.25) is 0 Å². The third-order valence-electron chi connectivity index (χ3n) is 6.05. The number of aliphatic carboxylic acids is 1. The van der Waals surface area contributed by atoms with E-state index in [0.717, 1.165) is 16.6 Å². The van der Waals surface area contributed by atoms with Gasteiger partial charge in [-0.1, -0.05) is 30.3 Å². The third kappa shape index (κ3) is 3.87. The average Bonchev–Trinajstić information content (AvgIpc) is 3.36. The number of benzene rings is 1. The molecule has 1 aromatic carbocycles. The van der Waals surface area contributed by atoms with Crippen LogP contribution in [0.4, 0.5) is 0 Å². The van der Waals surface area contributed by atoms with Crippen LogP contribution in [0.1, 0.15) is 58.6 Å². The van der Waals surface area contributed by atoms with Crippen LogP contribution in [-0.4, -0.2) is 41.8 Å². The molecule has 2 fully saturated rings. The standard InChI is InChI=1S/C21H28BNO5/c1-14(24)23-13-17(22-27-19(2,3)20(4,5)28-22)12-15-7-6-8-16(11-15)21(9-10-21)18(25)26/h6-8,11-12H,9-10,13H2,1-5H3,(H,23,24)(H,25,26). The average molecular weight is 385 g/mol. The van der Waals surface area contributed by atoms with E-state index in [-0.39, 0.29) is 5.91 Å². The zero-order valence-corrected chi connectivity index (χ0v) is 17.2. The minimum Gasteiger partial charge on any atom is -0.481 e. The van der Waals surface area contributed by atoms with E-state index >= 15 is 0 Å². The minimum absolute atomic E-state index is 0.140. The number of carboxylic acid groups (broad SMARTS) is 1. The Balaban J connectivity index is 1.92. The maximum Gasteiger partial charge on any atom is 0.492 e. The normalized spacial score (nSPS) is 22.0. The van der Waals surface area contributed by atoms with Crippen molar-refractivity contribution in [3.8, 4) is 0 Å². The maximum absolute atomic E-state index is 11.6. The van der Waals surface area contributed by atoms with E-state index in [9.17, 15) is 14.7 Å². The SMILES string of the molecule is CC(=O)NCC(=Cc1cccc(C2(C(=O)O)CC2)c1)B1OC(C)(C)C(C)(C)O1. The van der Waals surface area contributed by atoms with E-state index in [1.165, 1.54) is 6.92 Å². The fourth-order valence-electron chi connectivity index (χ4n) is 3.31. The van der Waals surface area contributed by atoms with E-state index in [1.54, 1.807) is 0 Å². The topological polar surface area (TPSA) is 84.9 Å². The van der Waals surface area contributed by atoms with Gasteiger partial charge in [-0.05, 0) is 57.1 Å². The van der Waals surface area contributed by atoms with Crippen LogP contribution in [-0.2, 0) is 24.3 Å². The van der Waals surface area contributed by atoms with Crippen molar-refractivity contribution in [2.75, 3.05) is 6.54 Å². The molecule has 0 unspecified atom stereocenters. The Morgan fingerprint density at radius 3 is 2.29 bits per heavy atom. The van der Waals surface area contributed by atoms with Crippen molar-refractivity contribution in [2.24, 2.45) is 0 Å². The summed E-state index contributed by atoms with van der Waals surface area (Å²) in [5.74, 6) is -0.919. The summed E-state index contributed by atoms with van der Waals surface area (Å²) in [6, 6.07) is 7.55. The molecule has 3 rings (SSSR count). The molecular weight excluding hydrogens is 357 g/mol. The molecular formula is C21H28BNO5. The summed E-state index contributed by atoms with van der Waals surface area (Å²) < 4.78 is 12.3. The number of hydrogen-bond acceptors (Lipinski definition) is 4. The molecule has 0 radical (unpaired) electrons. The van der Waals surface area contributed by atoms with Crippen LogP contribution in [0.5, 0.6) is 0 Å². The fraction of sp³-hybridized carbons (Fsp3) is 0.524. The van der Waals surface area contributed by atoms with Crippen LogP contribution >= 0.6 is 0 Å². The van der Waals surface area contributed by atoms with Gasteiger partial charge in [-0.3, -0.25) is 9.59 Å². The molecule has 6 nitrogen and oxygen atoms in total. The van der Waals surface area contributed by atoms with Crippen molar-refractivity contribution in [2.45, 2.75) is 64.1 Å². The van der Waals surface area contributed by atoms with Gasteiger partial charge in [0.25, 0.3) is 0 Å². The molecule has 0 atom stereocenters. The van der Waals surface area contributed by atoms with Gasteiger partial charge in [0.1, 0.15) is 0 Å². The Morgan fingerprint density at radius 1 is 1.18 bits per heavy atom. The summed E-state index contributed by atoms with van der Waals surface area (Å²) in [7, 11) is -0.588. The van der Waals surface area contributed by atoms with Gasteiger partial charge in [0, 0.05) is 13.5 Å². The van der Waals surface area contributed by atoms with Crippen LogP contribution in [0, 0.1) is 0 Å². The lowest BCUT2D eigenvalue weighted by Gasteiger charge is -2.32. The molecule has 0 bridgehead atoms. The highest BCUT2D eigenvalue weighted by atomic mass is 16.7. The first-order valence-electron chi connectivity index (χ1n) is 9.61. The van der Waals surface area contributed by atoms with Crippen LogP contribution in [0.25, 0.3) is 6.08 Å². The van der Waals surface area contributed by atoms with Crippen LogP contribution < -0.4 is 5.32 Å². The highest BCUT2D eigenvalue weighted by Crippen LogP contribution is 2.48. The minimum atomic E-state index is -0.780. The van der Waals surface area contributed by atoms with Gasteiger partial charge in [0.15, 0.2) is 0 Å². The fourth-order valence-corrected chi connectivity index (χ4v) is 3.31. The Bertz CT molecular complexity index is 810. The van der Waals surface area contributed by atoms with E-state index < -0.39 is 29.7 Å². The van der Waals surface area contributed by atoms with Gasteiger partial charge in [-0.2, -0.15) is 0 Å². The zero-order valence-electron chi connectivity index (χ0n) is 17.2. The number of nitrogens with one attached hydrogen (secondary N) is 1. The van der Waals surface area contributed by atoms with Gasteiger partial charge in [-0.15, -0.1) is 0 Å². The molecule has 1 amide bonds. The quantitative estimate of drug-likeness (QED) is 0.736. The van der Waals surface area contributed by atoms with Gasteiger partial charge < -0.3 is 19.7 Å². The summed E-state index contributed by atoms with van der Waals surface area (Å²) in [5, 5.41) is 12.4. The molecule has 2 N–H and O–H groups in total. The monoisotopic (exact) mass is 385 g/mol. The highest BCUT2D eigenvalue weighted by Gasteiger charge is 2.53. The van der Waals surface area contributed by atoms with Gasteiger partial charge in [0.2, 0.25) is 5.91 Å². The number of rotatable bonds is 6. The van der Waals surface area contributed by atoms with E-state index in [2.05, 4.69) is 5.32 Å². The molecule has 28 heavy (non-hydrogen) atoms. The molecule has 7 heteroatoms. The first-order chi connectivity index (χ1) is 13.0. The van der Waals surface area contributed by atoms with Crippen LogP contribution in [0.3, 0.4) is 0 Å². The summed E-state index contributed by atoms with van der Waals surface area (Å²) >= 11 is 0. The molecule has 1 aliphatic heterocycles. The van der Waals surface area contributed by atoms with Crippen molar-refractivity contribution in [3.63, 3.8) is 0 Å². The van der Waals surface area contributed by atoms with Crippen molar-refractivity contribution >= 4 is 25.1 Å². The first kappa shape index (κ1) is 20.6. The Kier molecular flexibility index (Phi) is 5.19. The maximum atomic E-state index is 11.6. The lowest BCUT2D eigenvalue weighted by Crippen LogP contribution is -2.41. The number of amides is 1. The summed E-state index contributed by atoms with van der Waals surface area (Å²) in [5.41, 5.74) is 0.714. The second-order valence-corrected chi connectivity index (χ2v) is 8.73. The lowest BCUT2D eigenvalue weighted by atomic mass is 9.76. The third-order valence-corrected chi connectivity index (χ3v) is 6.05.